The van der Waals surface area contributed by atoms with Gasteiger partial charge >= 0.3 is 0 Å². The Hall–Kier alpha value is -1.88. The summed E-state index contributed by atoms with van der Waals surface area (Å²) >= 11 is 0. The van der Waals surface area contributed by atoms with Crippen LogP contribution in [-0.2, 0) is 20.9 Å². The number of rotatable bonds is 5. The minimum absolute atomic E-state index is 0.0283. The molecule has 0 unspecified atom stereocenters. The second-order valence-corrected chi connectivity index (χ2v) is 6.99. The molecule has 5 heteroatoms. The fourth-order valence-electron chi connectivity index (χ4n) is 3.71. The molecule has 2 aliphatic heterocycles. The van der Waals surface area contributed by atoms with Crippen LogP contribution in [0.15, 0.2) is 30.3 Å². The molecule has 0 spiro atoms. The number of piperidine rings is 2. The van der Waals surface area contributed by atoms with Crippen LogP contribution in [0, 0.1) is 5.92 Å². The molecule has 0 N–H and O–H groups in total. The van der Waals surface area contributed by atoms with Gasteiger partial charge in [-0.05, 0) is 31.7 Å². The number of ether oxygens (including phenoxy) is 1. The van der Waals surface area contributed by atoms with Gasteiger partial charge in [0.15, 0.2) is 0 Å². The maximum Gasteiger partial charge on any atom is 0.227 e. The molecular weight excluding hydrogens is 316 g/mol. The molecule has 2 fully saturated rings. The Balaban J connectivity index is 1.44. The van der Waals surface area contributed by atoms with Gasteiger partial charge in [-0.2, -0.15) is 0 Å². The number of carbonyl (C=O) groups excluding carboxylic acids is 2. The lowest BCUT2D eigenvalue weighted by atomic mass is 9.95. The minimum Gasteiger partial charge on any atom is -0.373 e. The summed E-state index contributed by atoms with van der Waals surface area (Å²) in [5.74, 6) is 0.367. The molecule has 1 atom stereocenters. The van der Waals surface area contributed by atoms with Gasteiger partial charge in [0.05, 0.1) is 18.6 Å². The quantitative estimate of drug-likeness (QED) is 0.824. The monoisotopic (exact) mass is 344 g/mol. The van der Waals surface area contributed by atoms with Gasteiger partial charge in [-0.25, -0.2) is 0 Å². The molecule has 0 aliphatic carbocycles. The Morgan fingerprint density at radius 3 is 2.56 bits per heavy atom. The lowest BCUT2D eigenvalue weighted by Crippen LogP contribution is -2.49. The van der Waals surface area contributed by atoms with Gasteiger partial charge in [-0.15, -0.1) is 0 Å². The number of benzene rings is 1. The third-order valence-corrected chi connectivity index (χ3v) is 5.31. The zero-order valence-electron chi connectivity index (χ0n) is 15.0. The van der Waals surface area contributed by atoms with Crippen LogP contribution < -0.4 is 0 Å². The molecule has 0 saturated carbocycles. The SMILES string of the molecule is CCN1C[C@H](C(=O)N2CCC(OCc3ccccc3)CC2)CCC1=O. The van der Waals surface area contributed by atoms with E-state index in [2.05, 4.69) is 12.1 Å². The Morgan fingerprint density at radius 2 is 1.88 bits per heavy atom. The molecular formula is C20H28N2O3. The van der Waals surface area contributed by atoms with E-state index >= 15 is 0 Å². The first-order chi connectivity index (χ1) is 12.2. The van der Waals surface area contributed by atoms with Crippen LogP contribution in [-0.4, -0.2) is 53.9 Å². The van der Waals surface area contributed by atoms with E-state index in [1.165, 1.54) is 5.56 Å². The van der Waals surface area contributed by atoms with E-state index in [4.69, 9.17) is 4.74 Å². The van der Waals surface area contributed by atoms with Gasteiger partial charge in [-0.3, -0.25) is 9.59 Å². The molecule has 0 radical (unpaired) electrons. The van der Waals surface area contributed by atoms with Crippen LogP contribution in [0.4, 0.5) is 0 Å². The van der Waals surface area contributed by atoms with Crippen molar-refractivity contribution in [3.8, 4) is 0 Å². The lowest BCUT2D eigenvalue weighted by molar-refractivity contribution is -0.144. The van der Waals surface area contributed by atoms with Crippen LogP contribution in [0.25, 0.3) is 0 Å². The molecule has 1 aromatic rings. The van der Waals surface area contributed by atoms with E-state index in [-0.39, 0.29) is 23.8 Å². The van der Waals surface area contributed by atoms with Crippen LogP contribution in [0.3, 0.4) is 0 Å². The normalized spacial score (nSPS) is 22.3. The standard InChI is InChI=1S/C20H28N2O3/c1-2-21-14-17(8-9-19(21)23)20(24)22-12-10-18(11-13-22)25-15-16-6-4-3-5-7-16/h3-7,17-18H,2,8-15H2,1H3/t17-/m1/s1. The molecule has 2 amide bonds. The maximum atomic E-state index is 12.8. The summed E-state index contributed by atoms with van der Waals surface area (Å²) in [7, 11) is 0. The highest BCUT2D eigenvalue weighted by atomic mass is 16.5. The van der Waals surface area contributed by atoms with Gasteiger partial charge in [0.2, 0.25) is 11.8 Å². The van der Waals surface area contributed by atoms with Crippen molar-refractivity contribution in [1.82, 2.24) is 9.80 Å². The molecule has 1 aromatic carbocycles. The first kappa shape index (κ1) is 17.9. The average Bonchev–Trinajstić information content (AvgIpc) is 2.67. The maximum absolute atomic E-state index is 12.8. The Labute approximate surface area is 149 Å². The Kier molecular flexibility index (Phi) is 6.08. The molecule has 2 heterocycles. The fourth-order valence-corrected chi connectivity index (χ4v) is 3.71. The van der Waals surface area contributed by atoms with Crippen molar-refractivity contribution < 1.29 is 14.3 Å². The summed E-state index contributed by atoms with van der Waals surface area (Å²) in [6.07, 6.45) is 3.20. The second kappa shape index (κ2) is 8.48. The topological polar surface area (TPSA) is 49.9 Å². The minimum atomic E-state index is -0.0283. The summed E-state index contributed by atoms with van der Waals surface area (Å²) in [5, 5.41) is 0. The molecule has 0 bridgehead atoms. The van der Waals surface area contributed by atoms with Gasteiger partial charge < -0.3 is 14.5 Å². The lowest BCUT2D eigenvalue weighted by Gasteiger charge is -2.37. The zero-order chi connectivity index (χ0) is 17.6. The van der Waals surface area contributed by atoms with Crippen molar-refractivity contribution in [2.45, 2.75) is 45.3 Å². The van der Waals surface area contributed by atoms with E-state index < -0.39 is 0 Å². The van der Waals surface area contributed by atoms with Crippen molar-refractivity contribution in [1.29, 1.82) is 0 Å². The van der Waals surface area contributed by atoms with Gasteiger partial charge in [-0.1, -0.05) is 30.3 Å². The Bertz CT molecular complexity index is 582. The second-order valence-electron chi connectivity index (χ2n) is 6.99. The largest absolute Gasteiger partial charge is 0.373 e. The molecule has 2 aliphatic rings. The predicted molar refractivity (Wildman–Crippen MR) is 95.8 cm³/mol. The van der Waals surface area contributed by atoms with Crippen LogP contribution in [0.1, 0.15) is 38.2 Å². The molecule has 136 valence electrons. The molecule has 25 heavy (non-hydrogen) atoms. The van der Waals surface area contributed by atoms with Gasteiger partial charge in [0.25, 0.3) is 0 Å². The smallest absolute Gasteiger partial charge is 0.227 e. The summed E-state index contributed by atoms with van der Waals surface area (Å²) < 4.78 is 6.00. The summed E-state index contributed by atoms with van der Waals surface area (Å²) in [6, 6.07) is 10.2. The van der Waals surface area contributed by atoms with Crippen molar-refractivity contribution in [3.05, 3.63) is 35.9 Å². The summed E-state index contributed by atoms with van der Waals surface area (Å²) in [6.45, 7) is 5.40. The highest BCUT2D eigenvalue weighted by molar-refractivity contribution is 5.84. The predicted octanol–water partition coefficient (Wildman–Crippen LogP) is 2.45. The number of hydrogen-bond donors (Lipinski definition) is 0. The highest BCUT2D eigenvalue weighted by Gasteiger charge is 2.33. The first-order valence-electron chi connectivity index (χ1n) is 9.39. The van der Waals surface area contributed by atoms with E-state index in [0.717, 1.165) is 25.9 Å². The number of carbonyl (C=O) groups is 2. The number of hydrogen-bond acceptors (Lipinski definition) is 3. The average molecular weight is 344 g/mol. The van der Waals surface area contributed by atoms with Gasteiger partial charge in [0, 0.05) is 32.6 Å². The first-order valence-corrected chi connectivity index (χ1v) is 9.39. The summed E-state index contributed by atoms with van der Waals surface area (Å²) in [5.41, 5.74) is 1.19. The highest BCUT2D eigenvalue weighted by Crippen LogP contribution is 2.23. The van der Waals surface area contributed by atoms with E-state index in [1.54, 1.807) is 0 Å². The van der Waals surface area contributed by atoms with Crippen molar-refractivity contribution in [2.24, 2.45) is 5.92 Å². The Morgan fingerprint density at radius 1 is 1.16 bits per heavy atom. The van der Waals surface area contributed by atoms with Crippen LogP contribution >= 0.6 is 0 Å². The molecule has 5 nitrogen and oxygen atoms in total. The number of amides is 2. The third-order valence-electron chi connectivity index (χ3n) is 5.31. The van der Waals surface area contributed by atoms with E-state index in [0.29, 0.717) is 32.5 Å². The zero-order valence-corrected chi connectivity index (χ0v) is 15.0. The number of nitrogens with zero attached hydrogens (tertiary/aromatic N) is 2. The van der Waals surface area contributed by atoms with Crippen LogP contribution in [0.2, 0.25) is 0 Å². The van der Waals surface area contributed by atoms with Crippen molar-refractivity contribution in [3.63, 3.8) is 0 Å². The molecule has 2 saturated heterocycles. The van der Waals surface area contributed by atoms with E-state index in [9.17, 15) is 9.59 Å². The van der Waals surface area contributed by atoms with Crippen molar-refractivity contribution >= 4 is 11.8 Å². The van der Waals surface area contributed by atoms with Crippen molar-refractivity contribution in [2.75, 3.05) is 26.2 Å². The molecule has 3 rings (SSSR count). The van der Waals surface area contributed by atoms with Gasteiger partial charge in [0.1, 0.15) is 0 Å². The third kappa shape index (κ3) is 4.60. The van der Waals surface area contributed by atoms with Crippen LogP contribution in [0.5, 0.6) is 0 Å². The summed E-state index contributed by atoms with van der Waals surface area (Å²) in [4.78, 5) is 28.3. The fraction of sp³-hybridized carbons (Fsp3) is 0.600. The van der Waals surface area contributed by atoms with E-state index in [1.807, 2.05) is 34.9 Å². The molecule has 0 aromatic heterocycles. The number of likely N-dealkylation sites (tertiary alicyclic amines) is 2.